The van der Waals surface area contributed by atoms with Crippen molar-refractivity contribution in [3.63, 3.8) is 0 Å². The topological polar surface area (TPSA) is 76.2 Å². The lowest BCUT2D eigenvalue weighted by molar-refractivity contribution is 0.0527. The minimum atomic E-state index is -0.457. The van der Waals surface area contributed by atoms with Crippen molar-refractivity contribution in [3.8, 4) is 5.75 Å². The third-order valence-corrected chi connectivity index (χ3v) is 3.41. The van der Waals surface area contributed by atoms with Crippen LogP contribution in [0.25, 0.3) is 11.0 Å². The maximum absolute atomic E-state index is 11.5. The Labute approximate surface area is 147 Å². The highest BCUT2D eigenvalue weighted by atomic mass is 32.1. The number of carbonyl (C=O) groups excluding carboxylic acids is 1. The van der Waals surface area contributed by atoms with Gasteiger partial charge in [0.25, 0.3) is 0 Å². The molecule has 1 heterocycles. The molecule has 7 heteroatoms. The lowest BCUT2D eigenvalue weighted by Crippen LogP contribution is -2.33. The van der Waals surface area contributed by atoms with Gasteiger partial charge >= 0.3 is 6.09 Å². The third-order valence-electron chi connectivity index (χ3n) is 3.20. The van der Waals surface area contributed by atoms with Crippen molar-refractivity contribution in [2.24, 2.45) is 0 Å². The molecule has 0 saturated carbocycles. The van der Waals surface area contributed by atoms with Crippen LogP contribution in [0.3, 0.4) is 0 Å². The molecule has 0 radical (unpaired) electrons. The number of amides is 1. The number of ether oxygens (including phenoxy) is 2. The van der Waals surface area contributed by atoms with Crippen LogP contribution >= 0.6 is 12.6 Å². The Morgan fingerprint density at radius 1 is 1.29 bits per heavy atom. The molecule has 0 aliphatic rings. The molecular weight excluding hydrogens is 326 g/mol. The maximum atomic E-state index is 11.5. The molecule has 0 atom stereocenters. The number of aromatic amines is 1. The second-order valence-electron chi connectivity index (χ2n) is 6.58. The van der Waals surface area contributed by atoms with Crippen LogP contribution in [0.15, 0.2) is 23.4 Å². The Bertz CT molecular complexity index is 679. The number of carbonyl (C=O) groups is 1. The molecule has 1 aromatic carbocycles. The number of hydrogen-bond donors (Lipinski definition) is 3. The molecule has 0 aliphatic carbocycles. The summed E-state index contributed by atoms with van der Waals surface area (Å²) in [6, 6.07) is 5.75. The van der Waals surface area contributed by atoms with Gasteiger partial charge in [-0.1, -0.05) is 0 Å². The van der Waals surface area contributed by atoms with Crippen molar-refractivity contribution < 1.29 is 14.3 Å². The molecule has 132 valence electrons. The lowest BCUT2D eigenvalue weighted by Gasteiger charge is -2.19. The molecule has 1 aromatic heterocycles. The Balaban J connectivity index is 1.58. The van der Waals surface area contributed by atoms with Crippen LogP contribution in [0.2, 0.25) is 0 Å². The zero-order valence-electron chi connectivity index (χ0n) is 14.4. The van der Waals surface area contributed by atoms with Gasteiger partial charge in [-0.05, 0) is 52.2 Å². The van der Waals surface area contributed by atoms with Crippen LogP contribution < -0.4 is 10.1 Å². The molecule has 0 bridgehead atoms. The minimum Gasteiger partial charge on any atom is -0.494 e. The molecule has 2 N–H and O–H groups in total. The number of nitrogens with zero attached hydrogens (tertiary/aromatic N) is 1. The lowest BCUT2D eigenvalue weighted by atomic mass is 10.2. The van der Waals surface area contributed by atoms with E-state index in [0.29, 0.717) is 18.3 Å². The van der Waals surface area contributed by atoms with Gasteiger partial charge in [-0.25, -0.2) is 9.78 Å². The molecule has 2 aromatic rings. The number of fused-ring (bicyclic) bond motifs is 1. The average molecular weight is 351 g/mol. The number of imidazole rings is 1. The molecule has 0 aliphatic heterocycles. The summed E-state index contributed by atoms with van der Waals surface area (Å²) < 4.78 is 10.9. The van der Waals surface area contributed by atoms with E-state index in [1.807, 2.05) is 39.0 Å². The molecule has 0 unspecified atom stereocenters. The predicted octanol–water partition coefficient (Wildman–Crippen LogP) is 3.93. The number of hydrogen-bond acceptors (Lipinski definition) is 5. The summed E-state index contributed by atoms with van der Waals surface area (Å²) in [7, 11) is 0. The number of unbranched alkanes of at least 4 members (excludes halogenated alkanes) is 2. The van der Waals surface area contributed by atoms with Gasteiger partial charge in [0, 0.05) is 12.6 Å². The van der Waals surface area contributed by atoms with Gasteiger partial charge in [-0.2, -0.15) is 0 Å². The second-order valence-corrected chi connectivity index (χ2v) is 7.00. The largest absolute Gasteiger partial charge is 0.494 e. The molecular formula is C17H25N3O3S. The van der Waals surface area contributed by atoms with E-state index in [1.54, 1.807) is 0 Å². The van der Waals surface area contributed by atoms with Gasteiger partial charge in [-0.15, -0.1) is 12.6 Å². The highest BCUT2D eigenvalue weighted by Gasteiger charge is 2.15. The third kappa shape index (κ3) is 6.31. The number of rotatable bonds is 7. The first-order valence-corrected chi connectivity index (χ1v) is 8.56. The van der Waals surface area contributed by atoms with E-state index in [1.165, 1.54) is 0 Å². The van der Waals surface area contributed by atoms with Crippen molar-refractivity contribution in [1.29, 1.82) is 0 Å². The molecule has 1 amide bonds. The van der Waals surface area contributed by atoms with Crippen molar-refractivity contribution in [1.82, 2.24) is 15.3 Å². The SMILES string of the molecule is CC(C)(C)OC(=O)NCCCCCOc1ccc2[nH]c(S)nc2c1. The van der Waals surface area contributed by atoms with Crippen LogP contribution in [0.1, 0.15) is 40.0 Å². The summed E-state index contributed by atoms with van der Waals surface area (Å²) in [4.78, 5) is 18.8. The van der Waals surface area contributed by atoms with Gasteiger partial charge in [0.15, 0.2) is 5.16 Å². The summed E-state index contributed by atoms with van der Waals surface area (Å²) in [5, 5.41) is 3.35. The van der Waals surface area contributed by atoms with Gasteiger partial charge in [0.2, 0.25) is 0 Å². The summed E-state index contributed by atoms with van der Waals surface area (Å²) in [5.74, 6) is 0.800. The van der Waals surface area contributed by atoms with Crippen LogP contribution in [0.4, 0.5) is 4.79 Å². The highest BCUT2D eigenvalue weighted by Crippen LogP contribution is 2.20. The Morgan fingerprint density at radius 2 is 2.08 bits per heavy atom. The van der Waals surface area contributed by atoms with Crippen LogP contribution in [-0.4, -0.2) is 34.8 Å². The summed E-state index contributed by atoms with van der Waals surface area (Å²) in [6.07, 6.45) is 2.42. The second kappa shape index (κ2) is 8.28. The standard InChI is InChI=1S/C17H25N3O3S/c1-17(2,3)23-16(21)18-9-5-4-6-10-22-12-7-8-13-14(11-12)20-15(24)19-13/h7-8,11H,4-6,9-10H2,1-3H3,(H,18,21)(H2,19,20,24). The van der Waals surface area contributed by atoms with E-state index in [-0.39, 0.29) is 6.09 Å². The highest BCUT2D eigenvalue weighted by molar-refractivity contribution is 7.80. The van der Waals surface area contributed by atoms with Crippen molar-refractivity contribution in [2.45, 2.75) is 50.8 Å². The molecule has 24 heavy (non-hydrogen) atoms. The molecule has 2 rings (SSSR count). The van der Waals surface area contributed by atoms with Gasteiger partial charge in [-0.3, -0.25) is 0 Å². The monoisotopic (exact) mass is 351 g/mol. The fourth-order valence-electron chi connectivity index (χ4n) is 2.16. The quantitative estimate of drug-likeness (QED) is 0.522. The molecule has 0 saturated heterocycles. The fraction of sp³-hybridized carbons (Fsp3) is 0.529. The Kier molecular flexibility index (Phi) is 6.36. The van der Waals surface area contributed by atoms with Gasteiger partial charge in [0.05, 0.1) is 17.6 Å². The fourth-order valence-corrected chi connectivity index (χ4v) is 2.39. The van der Waals surface area contributed by atoms with Crippen molar-refractivity contribution >= 4 is 29.8 Å². The van der Waals surface area contributed by atoms with E-state index < -0.39 is 5.60 Å². The van der Waals surface area contributed by atoms with Gasteiger partial charge in [0.1, 0.15) is 11.4 Å². The van der Waals surface area contributed by atoms with Crippen molar-refractivity contribution in [3.05, 3.63) is 18.2 Å². The number of aromatic nitrogens is 2. The number of benzene rings is 1. The Morgan fingerprint density at radius 3 is 2.83 bits per heavy atom. The summed E-state index contributed by atoms with van der Waals surface area (Å²) in [5.41, 5.74) is 1.33. The van der Waals surface area contributed by atoms with E-state index in [4.69, 9.17) is 9.47 Å². The van der Waals surface area contributed by atoms with Crippen LogP contribution in [-0.2, 0) is 4.74 Å². The summed E-state index contributed by atoms with van der Waals surface area (Å²) >= 11 is 4.19. The van der Waals surface area contributed by atoms with Crippen molar-refractivity contribution in [2.75, 3.05) is 13.2 Å². The molecule has 6 nitrogen and oxygen atoms in total. The normalized spacial score (nSPS) is 11.5. The number of nitrogens with one attached hydrogen (secondary N) is 2. The average Bonchev–Trinajstić information content (AvgIpc) is 2.83. The first kappa shape index (κ1) is 18.4. The van der Waals surface area contributed by atoms with E-state index in [2.05, 4.69) is 27.9 Å². The minimum absolute atomic E-state index is 0.366. The van der Waals surface area contributed by atoms with Gasteiger partial charge < -0.3 is 19.8 Å². The number of alkyl carbamates (subject to hydrolysis) is 1. The van der Waals surface area contributed by atoms with E-state index in [0.717, 1.165) is 36.0 Å². The van der Waals surface area contributed by atoms with Crippen LogP contribution in [0, 0.1) is 0 Å². The number of thiol groups is 1. The first-order chi connectivity index (χ1) is 11.3. The molecule has 0 fully saturated rings. The zero-order valence-corrected chi connectivity index (χ0v) is 15.3. The Hall–Kier alpha value is -1.89. The molecule has 0 spiro atoms. The smallest absolute Gasteiger partial charge is 0.407 e. The van der Waals surface area contributed by atoms with E-state index >= 15 is 0 Å². The van der Waals surface area contributed by atoms with E-state index in [9.17, 15) is 4.79 Å². The predicted molar refractivity (Wildman–Crippen MR) is 96.9 cm³/mol. The first-order valence-electron chi connectivity index (χ1n) is 8.12. The maximum Gasteiger partial charge on any atom is 0.407 e. The number of H-pyrrole nitrogens is 1. The van der Waals surface area contributed by atoms with Crippen LogP contribution in [0.5, 0.6) is 5.75 Å². The summed E-state index contributed by atoms with van der Waals surface area (Å²) in [6.45, 7) is 6.79. The zero-order chi connectivity index (χ0) is 17.6.